The fraction of sp³-hybridized carbons (Fsp3) is 0.682. The van der Waals surface area contributed by atoms with Gasteiger partial charge in [-0.05, 0) is 43.9 Å². The molecule has 0 aromatic carbocycles. The SMILES string of the molecule is CCNC(=NCC(C)(C)c1cccs1)NCCCc1nnc(SC)n1C1CCCC1. The smallest absolute Gasteiger partial charge is 0.191 e. The van der Waals surface area contributed by atoms with Crippen LogP contribution in [0.2, 0.25) is 0 Å². The molecule has 0 spiro atoms. The zero-order valence-corrected chi connectivity index (χ0v) is 20.4. The highest BCUT2D eigenvalue weighted by Crippen LogP contribution is 2.33. The van der Waals surface area contributed by atoms with Gasteiger partial charge in [-0.3, -0.25) is 4.99 Å². The molecule has 0 atom stereocenters. The van der Waals surface area contributed by atoms with Crippen LogP contribution in [0.25, 0.3) is 0 Å². The Morgan fingerprint density at radius 3 is 2.77 bits per heavy atom. The van der Waals surface area contributed by atoms with Crippen molar-refractivity contribution in [2.24, 2.45) is 4.99 Å². The Hall–Kier alpha value is -1.54. The average molecular weight is 449 g/mol. The molecule has 2 aromatic heterocycles. The Morgan fingerprint density at radius 2 is 2.10 bits per heavy atom. The van der Waals surface area contributed by atoms with E-state index in [-0.39, 0.29) is 5.41 Å². The number of rotatable bonds is 10. The first-order valence-electron chi connectivity index (χ1n) is 11.1. The van der Waals surface area contributed by atoms with Crippen LogP contribution in [-0.2, 0) is 11.8 Å². The minimum absolute atomic E-state index is 0.0441. The lowest BCUT2D eigenvalue weighted by molar-refractivity contribution is 0.460. The van der Waals surface area contributed by atoms with Gasteiger partial charge in [-0.2, -0.15) is 0 Å². The van der Waals surface area contributed by atoms with Crippen molar-refractivity contribution in [3.05, 3.63) is 28.2 Å². The van der Waals surface area contributed by atoms with Crippen LogP contribution in [0.4, 0.5) is 0 Å². The predicted molar refractivity (Wildman–Crippen MR) is 129 cm³/mol. The van der Waals surface area contributed by atoms with Crippen molar-refractivity contribution in [3.63, 3.8) is 0 Å². The van der Waals surface area contributed by atoms with Crippen LogP contribution in [0.5, 0.6) is 0 Å². The normalized spacial score (nSPS) is 15.7. The molecular weight excluding hydrogens is 412 g/mol. The number of hydrogen-bond donors (Lipinski definition) is 2. The summed E-state index contributed by atoms with van der Waals surface area (Å²) in [5, 5.41) is 19.0. The van der Waals surface area contributed by atoms with Gasteiger partial charge in [0.05, 0.1) is 6.54 Å². The number of thiophene rings is 1. The van der Waals surface area contributed by atoms with Gasteiger partial charge in [-0.1, -0.05) is 44.5 Å². The molecule has 1 aliphatic rings. The molecule has 2 heterocycles. The second-order valence-corrected chi connectivity index (χ2v) is 10.2. The zero-order chi connectivity index (χ0) is 21.4. The molecule has 1 aliphatic carbocycles. The third-order valence-electron chi connectivity index (χ3n) is 5.64. The summed E-state index contributed by atoms with van der Waals surface area (Å²) in [4.78, 5) is 6.22. The first-order valence-corrected chi connectivity index (χ1v) is 13.2. The number of aryl methyl sites for hydroxylation is 1. The van der Waals surface area contributed by atoms with Crippen molar-refractivity contribution in [1.82, 2.24) is 25.4 Å². The number of aromatic nitrogens is 3. The molecule has 1 saturated carbocycles. The van der Waals surface area contributed by atoms with Gasteiger partial charge in [0.25, 0.3) is 0 Å². The van der Waals surface area contributed by atoms with Crippen molar-refractivity contribution in [2.75, 3.05) is 25.9 Å². The van der Waals surface area contributed by atoms with Crippen LogP contribution in [0, 0.1) is 0 Å². The molecule has 30 heavy (non-hydrogen) atoms. The largest absolute Gasteiger partial charge is 0.357 e. The summed E-state index contributed by atoms with van der Waals surface area (Å²) in [5.74, 6) is 2.03. The molecule has 2 N–H and O–H groups in total. The fourth-order valence-electron chi connectivity index (χ4n) is 3.96. The lowest BCUT2D eigenvalue weighted by Gasteiger charge is -2.22. The van der Waals surface area contributed by atoms with Crippen LogP contribution < -0.4 is 10.6 Å². The molecule has 0 amide bonds. The fourth-order valence-corrected chi connectivity index (χ4v) is 5.38. The Kier molecular flexibility index (Phi) is 8.62. The monoisotopic (exact) mass is 448 g/mol. The summed E-state index contributed by atoms with van der Waals surface area (Å²) in [6, 6.07) is 4.90. The van der Waals surface area contributed by atoms with Gasteiger partial charge in [-0.15, -0.1) is 21.5 Å². The van der Waals surface area contributed by atoms with Gasteiger partial charge in [-0.25, -0.2) is 0 Å². The molecule has 6 nitrogen and oxygen atoms in total. The standard InChI is InChI=1S/C22H36N6S2/c1-5-23-20(25-16-22(2,3)18-12-9-15-30-18)24-14-8-13-19-26-27-21(29-4)28(19)17-10-6-7-11-17/h9,12,15,17H,5-8,10-11,13-14,16H2,1-4H3,(H2,23,24,25). The van der Waals surface area contributed by atoms with Gasteiger partial charge in [0.2, 0.25) is 0 Å². The predicted octanol–water partition coefficient (Wildman–Crippen LogP) is 4.64. The summed E-state index contributed by atoms with van der Waals surface area (Å²) >= 11 is 3.51. The lowest BCUT2D eigenvalue weighted by atomic mass is 9.92. The van der Waals surface area contributed by atoms with E-state index >= 15 is 0 Å². The van der Waals surface area contributed by atoms with Crippen LogP contribution in [0.15, 0.2) is 27.7 Å². The van der Waals surface area contributed by atoms with Gasteiger partial charge < -0.3 is 15.2 Å². The Bertz CT molecular complexity index is 791. The highest BCUT2D eigenvalue weighted by atomic mass is 32.2. The van der Waals surface area contributed by atoms with Crippen molar-refractivity contribution in [2.45, 2.75) is 75.9 Å². The number of hydrogen-bond acceptors (Lipinski definition) is 5. The minimum Gasteiger partial charge on any atom is -0.357 e. The Balaban J connectivity index is 1.53. The van der Waals surface area contributed by atoms with Crippen molar-refractivity contribution in [1.29, 1.82) is 0 Å². The second-order valence-electron chi connectivity index (χ2n) is 8.50. The van der Waals surface area contributed by atoms with Crippen LogP contribution in [-0.4, -0.2) is 46.6 Å². The summed E-state index contributed by atoms with van der Waals surface area (Å²) in [7, 11) is 0. The highest BCUT2D eigenvalue weighted by molar-refractivity contribution is 7.98. The van der Waals surface area contributed by atoms with Gasteiger partial charge >= 0.3 is 0 Å². The minimum atomic E-state index is 0.0441. The van der Waals surface area contributed by atoms with E-state index in [0.29, 0.717) is 6.04 Å². The van der Waals surface area contributed by atoms with E-state index in [9.17, 15) is 0 Å². The molecule has 0 saturated heterocycles. The van der Waals surface area contributed by atoms with Crippen molar-refractivity contribution >= 4 is 29.1 Å². The molecule has 0 aliphatic heterocycles. The van der Waals surface area contributed by atoms with E-state index in [1.54, 1.807) is 23.1 Å². The van der Waals surface area contributed by atoms with Gasteiger partial charge in [0.1, 0.15) is 5.82 Å². The third kappa shape index (κ3) is 6.00. The molecule has 166 valence electrons. The number of aliphatic imine (C=N–C) groups is 1. The first kappa shape index (κ1) is 23.1. The summed E-state index contributed by atoms with van der Waals surface area (Å²) in [5.41, 5.74) is 0.0441. The summed E-state index contributed by atoms with van der Waals surface area (Å²) in [6.07, 6.45) is 9.21. The maximum Gasteiger partial charge on any atom is 0.191 e. The van der Waals surface area contributed by atoms with E-state index in [0.717, 1.165) is 49.4 Å². The Labute approximate surface area is 189 Å². The molecular formula is C22H36N6S2. The molecule has 2 aromatic rings. The van der Waals surface area contributed by atoms with Crippen LogP contribution >= 0.6 is 23.1 Å². The summed E-state index contributed by atoms with van der Waals surface area (Å²) in [6.45, 7) is 9.11. The van der Waals surface area contributed by atoms with E-state index in [1.807, 2.05) is 0 Å². The molecule has 1 fully saturated rings. The van der Waals surface area contributed by atoms with E-state index in [2.05, 4.69) is 69.9 Å². The van der Waals surface area contributed by atoms with E-state index < -0.39 is 0 Å². The molecule has 0 radical (unpaired) electrons. The highest BCUT2D eigenvalue weighted by Gasteiger charge is 2.23. The molecule has 3 rings (SSSR count). The number of thioether (sulfide) groups is 1. The van der Waals surface area contributed by atoms with Crippen LogP contribution in [0.3, 0.4) is 0 Å². The quantitative estimate of drug-likeness (QED) is 0.240. The molecule has 0 unspecified atom stereocenters. The van der Waals surface area contributed by atoms with Crippen molar-refractivity contribution < 1.29 is 0 Å². The number of guanidine groups is 1. The topological polar surface area (TPSA) is 67.1 Å². The van der Waals surface area contributed by atoms with E-state index in [1.165, 1.54) is 30.6 Å². The zero-order valence-electron chi connectivity index (χ0n) is 18.8. The maximum absolute atomic E-state index is 4.85. The molecule has 8 heteroatoms. The van der Waals surface area contributed by atoms with E-state index in [4.69, 9.17) is 4.99 Å². The van der Waals surface area contributed by atoms with Gasteiger partial charge in [0.15, 0.2) is 11.1 Å². The Morgan fingerprint density at radius 1 is 1.30 bits per heavy atom. The average Bonchev–Trinajstić information content (AvgIpc) is 3.49. The van der Waals surface area contributed by atoms with Crippen molar-refractivity contribution in [3.8, 4) is 0 Å². The summed E-state index contributed by atoms with van der Waals surface area (Å²) < 4.78 is 2.40. The lowest BCUT2D eigenvalue weighted by Crippen LogP contribution is -2.39. The molecule has 0 bridgehead atoms. The van der Waals surface area contributed by atoms with Crippen LogP contribution in [0.1, 0.15) is 69.6 Å². The number of nitrogens with zero attached hydrogens (tertiary/aromatic N) is 4. The van der Waals surface area contributed by atoms with Gasteiger partial charge in [0, 0.05) is 35.8 Å². The first-order chi connectivity index (χ1) is 14.5. The second kappa shape index (κ2) is 11.2. The maximum atomic E-state index is 4.85. The third-order valence-corrected chi connectivity index (χ3v) is 7.52. The number of nitrogens with one attached hydrogen (secondary N) is 2.